The van der Waals surface area contributed by atoms with Crippen molar-refractivity contribution in [1.29, 1.82) is 0 Å². The van der Waals surface area contributed by atoms with Gasteiger partial charge in [0.15, 0.2) is 0 Å². The van der Waals surface area contributed by atoms with Crippen molar-refractivity contribution in [3.8, 4) is 5.88 Å². The molecule has 28 heavy (non-hydrogen) atoms. The molecule has 146 valence electrons. The second-order valence-electron chi connectivity index (χ2n) is 8.06. The Bertz CT molecular complexity index is 875. The van der Waals surface area contributed by atoms with Crippen LogP contribution in [0.5, 0.6) is 5.88 Å². The number of hydrogen-bond acceptors (Lipinski definition) is 5. The number of aliphatic hydroxyl groups excluding tert-OH is 1. The van der Waals surface area contributed by atoms with Crippen LogP contribution in [0.4, 0.5) is 0 Å². The Balaban J connectivity index is 1.46. The van der Waals surface area contributed by atoms with Gasteiger partial charge in [-0.3, -0.25) is 0 Å². The molecule has 1 aromatic rings. The van der Waals surface area contributed by atoms with Crippen LogP contribution in [0.15, 0.2) is 48.6 Å². The average molecular weight is 395 g/mol. The fourth-order valence-electron chi connectivity index (χ4n) is 4.96. The molecule has 6 atom stereocenters. The first-order valence-corrected chi connectivity index (χ1v) is 11.2. The monoisotopic (exact) mass is 394 g/mol. The number of methoxy groups -OCH3 is 1. The van der Waals surface area contributed by atoms with Crippen molar-refractivity contribution in [2.75, 3.05) is 7.11 Å². The number of hydrogen-bond donors (Lipinski definition) is 1. The van der Waals surface area contributed by atoms with E-state index in [0.29, 0.717) is 17.0 Å². The maximum Gasteiger partial charge on any atom is 0.216 e. The van der Waals surface area contributed by atoms with Crippen molar-refractivity contribution in [1.82, 2.24) is 9.97 Å². The molecule has 5 rings (SSSR count). The van der Waals surface area contributed by atoms with Crippen LogP contribution in [0.2, 0.25) is 0 Å². The van der Waals surface area contributed by atoms with Crippen LogP contribution in [-0.4, -0.2) is 38.8 Å². The zero-order chi connectivity index (χ0) is 19.1. The molecule has 0 saturated carbocycles. The van der Waals surface area contributed by atoms with Gasteiger partial charge in [-0.05, 0) is 43.1 Å². The average Bonchev–Trinajstić information content (AvgIpc) is 3.11. The van der Waals surface area contributed by atoms with E-state index < -0.39 is 6.10 Å². The van der Waals surface area contributed by atoms with E-state index in [1.165, 1.54) is 24.8 Å². The number of nitrogens with zero attached hydrogens (tertiary/aromatic N) is 2. The van der Waals surface area contributed by atoms with E-state index in [4.69, 9.17) is 9.72 Å². The summed E-state index contributed by atoms with van der Waals surface area (Å²) in [5.74, 6) is 2.46. The Morgan fingerprint density at radius 3 is 2.89 bits per heavy atom. The fraction of sp³-hybridized carbons (Fsp3) is 0.478. The van der Waals surface area contributed by atoms with Crippen molar-refractivity contribution >= 4 is 17.3 Å². The van der Waals surface area contributed by atoms with Crippen molar-refractivity contribution in [3.63, 3.8) is 0 Å². The Morgan fingerprint density at radius 2 is 2.04 bits per heavy atom. The highest BCUT2D eigenvalue weighted by molar-refractivity contribution is 8.01. The third-order valence-electron chi connectivity index (χ3n) is 6.43. The summed E-state index contributed by atoms with van der Waals surface area (Å²) in [7, 11) is 1.64. The molecule has 1 N–H and O–H groups in total. The van der Waals surface area contributed by atoms with Gasteiger partial charge >= 0.3 is 0 Å². The fourth-order valence-corrected chi connectivity index (χ4v) is 6.87. The normalized spacial score (nSPS) is 36.0. The maximum atomic E-state index is 10.3. The molecule has 3 aliphatic carbocycles. The number of aliphatic hydroxyl groups is 1. The lowest BCUT2D eigenvalue weighted by Gasteiger charge is -2.28. The third-order valence-corrected chi connectivity index (χ3v) is 8.13. The summed E-state index contributed by atoms with van der Waals surface area (Å²) in [5, 5.41) is 11.7. The van der Waals surface area contributed by atoms with Crippen LogP contribution in [0, 0.1) is 11.8 Å². The van der Waals surface area contributed by atoms with Crippen molar-refractivity contribution in [3.05, 3.63) is 60.1 Å². The second-order valence-corrected chi connectivity index (χ2v) is 9.48. The highest BCUT2D eigenvalue weighted by atomic mass is 32.2. The summed E-state index contributed by atoms with van der Waals surface area (Å²) < 4.78 is 5.46. The van der Waals surface area contributed by atoms with Crippen LogP contribution >= 0.6 is 11.8 Å². The molecule has 1 saturated heterocycles. The van der Waals surface area contributed by atoms with Gasteiger partial charge < -0.3 is 9.84 Å². The summed E-state index contributed by atoms with van der Waals surface area (Å²) in [6.07, 6.45) is 19.0. The van der Waals surface area contributed by atoms with Gasteiger partial charge in [0.1, 0.15) is 5.82 Å². The Morgan fingerprint density at radius 1 is 1.14 bits per heavy atom. The lowest BCUT2D eigenvalue weighted by Crippen LogP contribution is -2.24. The zero-order valence-corrected chi connectivity index (χ0v) is 16.9. The van der Waals surface area contributed by atoms with Gasteiger partial charge in [0.2, 0.25) is 5.88 Å². The Hall–Kier alpha value is -1.85. The van der Waals surface area contributed by atoms with Gasteiger partial charge in [-0.2, -0.15) is 16.7 Å². The third kappa shape index (κ3) is 3.25. The molecule has 0 amide bonds. The smallest absolute Gasteiger partial charge is 0.216 e. The lowest BCUT2D eigenvalue weighted by molar-refractivity contribution is 0.202. The molecule has 1 aliphatic heterocycles. The number of fused-ring (bicyclic) bond motifs is 3. The van der Waals surface area contributed by atoms with E-state index in [-0.39, 0.29) is 5.92 Å². The highest BCUT2D eigenvalue weighted by Crippen LogP contribution is 2.53. The SMILES string of the molecule is COc1cc(C2=CC3SC4CCC=CC4C3CC2)nc(C2C=CC=CC2O)n1. The quantitative estimate of drug-likeness (QED) is 0.775. The summed E-state index contributed by atoms with van der Waals surface area (Å²) in [5.41, 5.74) is 2.24. The van der Waals surface area contributed by atoms with Gasteiger partial charge in [-0.1, -0.05) is 42.5 Å². The zero-order valence-electron chi connectivity index (χ0n) is 16.1. The van der Waals surface area contributed by atoms with Crippen molar-refractivity contribution in [2.24, 2.45) is 11.8 Å². The summed E-state index contributed by atoms with van der Waals surface area (Å²) in [6.45, 7) is 0. The molecular formula is C23H26N2O2S. The molecule has 1 fully saturated rings. The molecule has 6 unspecified atom stereocenters. The van der Waals surface area contributed by atoms with Gasteiger partial charge in [-0.15, -0.1) is 0 Å². The minimum atomic E-state index is -0.602. The van der Waals surface area contributed by atoms with Crippen LogP contribution in [-0.2, 0) is 0 Å². The van der Waals surface area contributed by atoms with Crippen LogP contribution in [0.25, 0.3) is 5.57 Å². The first-order valence-electron chi connectivity index (χ1n) is 10.2. The molecule has 1 aromatic heterocycles. The van der Waals surface area contributed by atoms with Gasteiger partial charge in [0.05, 0.1) is 24.8 Å². The number of rotatable bonds is 3. The molecule has 4 nitrogen and oxygen atoms in total. The van der Waals surface area contributed by atoms with Crippen LogP contribution in [0.1, 0.15) is 43.1 Å². The number of aromatic nitrogens is 2. The first kappa shape index (κ1) is 18.2. The number of allylic oxidation sites excluding steroid dienone is 5. The molecular weight excluding hydrogens is 368 g/mol. The van der Waals surface area contributed by atoms with E-state index in [0.717, 1.165) is 29.2 Å². The second kappa shape index (κ2) is 7.53. The summed E-state index contributed by atoms with van der Waals surface area (Å²) >= 11 is 2.16. The van der Waals surface area contributed by atoms with E-state index >= 15 is 0 Å². The Labute approximate surface area is 170 Å². The minimum Gasteiger partial charge on any atom is -0.481 e. The predicted molar refractivity (Wildman–Crippen MR) is 113 cm³/mol. The van der Waals surface area contributed by atoms with E-state index in [9.17, 15) is 5.11 Å². The van der Waals surface area contributed by atoms with E-state index in [1.54, 1.807) is 13.2 Å². The molecule has 0 spiro atoms. The lowest BCUT2D eigenvalue weighted by atomic mass is 9.76. The standard InChI is InChI=1S/C23H26N2O2S/c1-27-22-13-18(24-23(25-22)17-7-2-4-8-19(17)26)14-10-11-16-15-6-3-5-9-20(15)28-21(16)12-14/h2-4,6-8,12-13,15-17,19-21,26H,5,9-11H2,1H3. The largest absolute Gasteiger partial charge is 0.481 e. The highest BCUT2D eigenvalue weighted by Gasteiger charge is 2.43. The van der Waals surface area contributed by atoms with Gasteiger partial charge in [0.25, 0.3) is 0 Å². The molecule has 4 aliphatic rings. The molecule has 0 bridgehead atoms. The van der Waals surface area contributed by atoms with Gasteiger partial charge in [-0.25, -0.2) is 4.98 Å². The first-order chi connectivity index (χ1) is 13.7. The predicted octanol–water partition coefficient (Wildman–Crippen LogP) is 4.30. The van der Waals surface area contributed by atoms with E-state index in [2.05, 4.69) is 35.0 Å². The molecule has 0 radical (unpaired) electrons. The topological polar surface area (TPSA) is 55.2 Å². The number of thioether (sulfide) groups is 1. The van der Waals surface area contributed by atoms with Crippen molar-refractivity contribution in [2.45, 2.75) is 48.2 Å². The van der Waals surface area contributed by atoms with Crippen molar-refractivity contribution < 1.29 is 9.84 Å². The molecule has 0 aromatic carbocycles. The van der Waals surface area contributed by atoms with Crippen LogP contribution in [0.3, 0.4) is 0 Å². The Kier molecular flexibility index (Phi) is 4.89. The van der Waals surface area contributed by atoms with Crippen LogP contribution < -0.4 is 4.74 Å². The minimum absolute atomic E-state index is 0.232. The number of ether oxygens (including phenoxy) is 1. The molecule has 5 heteroatoms. The van der Waals surface area contributed by atoms with Gasteiger partial charge in [0, 0.05) is 16.6 Å². The summed E-state index contributed by atoms with van der Waals surface area (Å²) in [4.78, 5) is 9.38. The molecule has 2 heterocycles. The summed E-state index contributed by atoms with van der Waals surface area (Å²) in [6, 6.07) is 1.94. The maximum absolute atomic E-state index is 10.3. The van der Waals surface area contributed by atoms with E-state index in [1.807, 2.05) is 24.3 Å².